The number of anilines is 2. The van der Waals surface area contributed by atoms with E-state index in [1.54, 1.807) is 42.6 Å². The highest BCUT2D eigenvalue weighted by atomic mass is 35.5. The Kier molecular flexibility index (Phi) is 6.77. The van der Waals surface area contributed by atoms with Gasteiger partial charge in [0.05, 0.1) is 29.3 Å². The first-order valence-corrected chi connectivity index (χ1v) is 11.1. The molecule has 0 bridgehead atoms. The number of hydrogen-bond acceptors (Lipinski definition) is 6. The van der Waals surface area contributed by atoms with Crippen molar-refractivity contribution in [3.05, 3.63) is 87.7 Å². The van der Waals surface area contributed by atoms with Gasteiger partial charge in [-0.25, -0.2) is 0 Å². The normalized spacial score (nSPS) is 16.9. The smallest absolute Gasteiger partial charge is 0.300 e. The average molecular weight is 512 g/mol. The number of pyridine rings is 1. The number of nitrogens with one attached hydrogen (secondary N) is 1. The number of rotatable bonds is 5. The maximum atomic E-state index is 13.3. The van der Waals surface area contributed by atoms with E-state index in [9.17, 15) is 19.5 Å². The maximum Gasteiger partial charge on any atom is 0.300 e. The van der Waals surface area contributed by atoms with Crippen LogP contribution in [0.4, 0.5) is 11.4 Å². The lowest BCUT2D eigenvalue weighted by molar-refractivity contribution is -0.132. The summed E-state index contributed by atoms with van der Waals surface area (Å²) in [7, 11) is 1.36. The summed E-state index contributed by atoms with van der Waals surface area (Å²) in [6.07, 6.45) is 3.06. The lowest BCUT2D eigenvalue weighted by atomic mass is 9.95. The lowest BCUT2D eigenvalue weighted by Crippen LogP contribution is -2.29. The van der Waals surface area contributed by atoms with Crippen molar-refractivity contribution in [1.82, 2.24) is 4.98 Å². The number of nitrogens with zero attached hydrogens (tertiary/aromatic N) is 2. The third-order valence-corrected chi connectivity index (χ3v) is 5.88. The molecule has 0 radical (unpaired) electrons. The summed E-state index contributed by atoms with van der Waals surface area (Å²) >= 11 is 12.4. The van der Waals surface area contributed by atoms with E-state index in [0.29, 0.717) is 16.9 Å². The zero-order valence-corrected chi connectivity index (χ0v) is 20.1. The van der Waals surface area contributed by atoms with Crippen molar-refractivity contribution < 1.29 is 24.2 Å². The molecule has 2 aromatic carbocycles. The number of aromatic nitrogens is 1. The fourth-order valence-corrected chi connectivity index (χ4v) is 4.52. The van der Waals surface area contributed by atoms with Crippen LogP contribution in [0.5, 0.6) is 5.75 Å². The summed E-state index contributed by atoms with van der Waals surface area (Å²) in [5, 5.41) is 14.3. The SMILES string of the molecule is COc1c(Cl)cc(Cl)cc1/C(O)=C1\C(=O)C(=O)N(c2ccc(NC(C)=O)cc2)C1c1cccnc1. The summed E-state index contributed by atoms with van der Waals surface area (Å²) < 4.78 is 5.33. The summed E-state index contributed by atoms with van der Waals surface area (Å²) in [5.41, 5.74) is 1.29. The van der Waals surface area contributed by atoms with Crippen LogP contribution in [0.15, 0.2) is 66.5 Å². The minimum Gasteiger partial charge on any atom is -0.507 e. The van der Waals surface area contributed by atoms with Crippen LogP contribution in [-0.4, -0.2) is 34.8 Å². The third kappa shape index (κ3) is 4.58. The minimum atomic E-state index is -1.00. The van der Waals surface area contributed by atoms with E-state index >= 15 is 0 Å². The predicted molar refractivity (Wildman–Crippen MR) is 133 cm³/mol. The molecular weight excluding hydrogens is 493 g/mol. The number of aliphatic hydroxyl groups is 1. The van der Waals surface area contributed by atoms with E-state index in [4.69, 9.17) is 27.9 Å². The van der Waals surface area contributed by atoms with Gasteiger partial charge in [0.1, 0.15) is 11.5 Å². The number of hydrogen-bond donors (Lipinski definition) is 2. The second kappa shape index (κ2) is 9.77. The Hall–Kier alpha value is -3.88. The van der Waals surface area contributed by atoms with Gasteiger partial charge in [0, 0.05) is 35.7 Å². The predicted octanol–water partition coefficient (Wildman–Crippen LogP) is 4.98. The van der Waals surface area contributed by atoms with Crippen molar-refractivity contribution in [2.24, 2.45) is 0 Å². The molecule has 1 aliphatic rings. The molecule has 2 N–H and O–H groups in total. The van der Waals surface area contributed by atoms with Crippen LogP contribution in [0.25, 0.3) is 5.76 Å². The molecular formula is C25H19Cl2N3O5. The molecule has 10 heteroatoms. The van der Waals surface area contributed by atoms with Gasteiger partial charge < -0.3 is 15.2 Å². The van der Waals surface area contributed by atoms with Crippen LogP contribution in [0.1, 0.15) is 24.1 Å². The fourth-order valence-electron chi connectivity index (χ4n) is 3.95. The highest BCUT2D eigenvalue weighted by molar-refractivity contribution is 6.52. The van der Waals surface area contributed by atoms with Gasteiger partial charge >= 0.3 is 0 Å². The highest BCUT2D eigenvalue weighted by Crippen LogP contribution is 2.44. The molecule has 4 rings (SSSR count). The maximum absolute atomic E-state index is 13.3. The molecule has 8 nitrogen and oxygen atoms in total. The zero-order chi connectivity index (χ0) is 25.3. The second-order valence-corrected chi connectivity index (χ2v) is 8.50. The lowest BCUT2D eigenvalue weighted by Gasteiger charge is -2.25. The van der Waals surface area contributed by atoms with Gasteiger partial charge in [0.2, 0.25) is 5.91 Å². The monoisotopic (exact) mass is 511 g/mol. The Morgan fingerprint density at radius 2 is 1.86 bits per heavy atom. The molecule has 1 aliphatic heterocycles. The molecule has 0 spiro atoms. The van der Waals surface area contributed by atoms with Crippen molar-refractivity contribution in [2.45, 2.75) is 13.0 Å². The molecule has 1 atom stereocenters. The van der Waals surface area contributed by atoms with E-state index in [1.165, 1.54) is 37.3 Å². The van der Waals surface area contributed by atoms with Gasteiger partial charge in [-0.15, -0.1) is 0 Å². The van der Waals surface area contributed by atoms with Crippen molar-refractivity contribution in [3.8, 4) is 5.75 Å². The first-order chi connectivity index (χ1) is 16.7. The molecule has 178 valence electrons. The number of benzene rings is 2. The molecule has 0 aliphatic carbocycles. The first-order valence-electron chi connectivity index (χ1n) is 10.3. The number of Topliss-reactive ketones (excluding diaryl/α,β-unsaturated/α-hetero) is 1. The Bertz CT molecular complexity index is 1360. The molecule has 2 heterocycles. The zero-order valence-electron chi connectivity index (χ0n) is 18.6. The molecule has 1 fully saturated rings. The molecule has 1 aromatic heterocycles. The van der Waals surface area contributed by atoms with Gasteiger partial charge in [0.15, 0.2) is 0 Å². The van der Waals surface area contributed by atoms with E-state index in [-0.39, 0.29) is 32.8 Å². The summed E-state index contributed by atoms with van der Waals surface area (Å²) in [6.45, 7) is 1.38. The molecule has 0 saturated carbocycles. The van der Waals surface area contributed by atoms with Crippen LogP contribution in [0, 0.1) is 0 Å². The Labute approximate surface area is 210 Å². The Balaban J connectivity index is 1.92. The number of methoxy groups -OCH3 is 1. The van der Waals surface area contributed by atoms with Crippen LogP contribution in [-0.2, 0) is 14.4 Å². The van der Waals surface area contributed by atoms with Gasteiger partial charge in [-0.3, -0.25) is 24.3 Å². The topological polar surface area (TPSA) is 109 Å². The molecule has 2 amide bonds. The van der Waals surface area contributed by atoms with Gasteiger partial charge in [-0.1, -0.05) is 29.3 Å². The largest absolute Gasteiger partial charge is 0.507 e. The number of carbonyl (C=O) groups excluding carboxylic acids is 3. The van der Waals surface area contributed by atoms with E-state index < -0.39 is 23.5 Å². The van der Waals surface area contributed by atoms with Gasteiger partial charge in [-0.05, 0) is 48.0 Å². The van der Waals surface area contributed by atoms with Gasteiger partial charge in [0.25, 0.3) is 11.7 Å². The summed E-state index contributed by atoms with van der Waals surface area (Å²) in [5.74, 6) is -2.39. The highest BCUT2D eigenvalue weighted by Gasteiger charge is 2.47. The van der Waals surface area contributed by atoms with Crippen LogP contribution in [0.3, 0.4) is 0 Å². The van der Waals surface area contributed by atoms with Crippen molar-refractivity contribution in [1.29, 1.82) is 0 Å². The number of halogens is 2. The standard InChI is InChI=1S/C25H19Cl2N3O5/c1-13(31)29-16-5-7-17(8-6-16)30-21(14-4-3-9-28-12-14)20(23(33)25(30)34)22(32)18-10-15(26)11-19(27)24(18)35-2/h3-12,21,32H,1-2H3,(H,29,31)/b22-20+. The number of ketones is 1. The minimum absolute atomic E-state index is 0.0675. The van der Waals surface area contributed by atoms with E-state index in [2.05, 4.69) is 10.3 Å². The molecule has 3 aromatic rings. The fraction of sp³-hybridized carbons (Fsp3) is 0.120. The Morgan fingerprint density at radius 1 is 1.14 bits per heavy atom. The third-order valence-electron chi connectivity index (χ3n) is 5.38. The van der Waals surface area contributed by atoms with E-state index in [1.807, 2.05) is 0 Å². The molecule has 1 saturated heterocycles. The Morgan fingerprint density at radius 3 is 2.46 bits per heavy atom. The number of carbonyl (C=O) groups is 3. The summed E-state index contributed by atoms with van der Waals surface area (Å²) in [4.78, 5) is 43.2. The number of amides is 2. The number of ether oxygens (including phenoxy) is 1. The van der Waals surface area contributed by atoms with Crippen molar-refractivity contribution in [3.63, 3.8) is 0 Å². The van der Waals surface area contributed by atoms with Crippen LogP contribution >= 0.6 is 23.2 Å². The van der Waals surface area contributed by atoms with Crippen molar-refractivity contribution in [2.75, 3.05) is 17.3 Å². The number of aliphatic hydroxyl groups excluding tert-OH is 1. The van der Waals surface area contributed by atoms with Gasteiger partial charge in [-0.2, -0.15) is 0 Å². The molecule has 35 heavy (non-hydrogen) atoms. The summed E-state index contributed by atoms with van der Waals surface area (Å²) in [6, 6.07) is 11.6. The quantitative estimate of drug-likeness (QED) is 0.284. The van der Waals surface area contributed by atoms with Crippen LogP contribution in [0.2, 0.25) is 10.0 Å². The second-order valence-electron chi connectivity index (χ2n) is 7.65. The van der Waals surface area contributed by atoms with Crippen molar-refractivity contribution >= 4 is 57.9 Å². The first kappa shape index (κ1) is 24.3. The van der Waals surface area contributed by atoms with Crippen LogP contribution < -0.4 is 15.0 Å². The van der Waals surface area contributed by atoms with E-state index in [0.717, 1.165) is 0 Å². The molecule has 1 unspecified atom stereocenters. The average Bonchev–Trinajstić information content (AvgIpc) is 3.09.